The third kappa shape index (κ3) is 1.83. The van der Waals surface area contributed by atoms with E-state index in [4.69, 9.17) is 5.73 Å². The molecule has 0 aliphatic rings. The number of nitrogens with two attached hydrogens (primary N) is 1. The predicted molar refractivity (Wildman–Crippen MR) is 55.7 cm³/mol. The second-order valence-corrected chi connectivity index (χ2v) is 2.86. The van der Waals surface area contributed by atoms with E-state index in [1.807, 2.05) is 14.0 Å². The fraction of sp³-hybridized carbons (Fsp3) is 0.444. The lowest BCUT2D eigenvalue weighted by Crippen LogP contribution is -2.05. The maximum Gasteiger partial charge on any atom is 0.148 e. The molecule has 0 fully saturated rings. The van der Waals surface area contributed by atoms with E-state index in [-0.39, 0.29) is 0 Å². The van der Waals surface area contributed by atoms with Crippen LogP contribution in [0, 0.1) is 0 Å². The summed E-state index contributed by atoms with van der Waals surface area (Å²) in [5.74, 6) is 0.872. The summed E-state index contributed by atoms with van der Waals surface area (Å²) in [6.45, 7) is 6.37. The molecular formula is C9H16N4. The molecule has 0 spiro atoms. The highest BCUT2D eigenvalue weighted by molar-refractivity contribution is 5.65. The summed E-state index contributed by atoms with van der Waals surface area (Å²) >= 11 is 0. The zero-order chi connectivity index (χ0) is 9.84. The number of rotatable bonds is 4. The summed E-state index contributed by atoms with van der Waals surface area (Å²) in [4.78, 5) is 0. The van der Waals surface area contributed by atoms with E-state index in [1.165, 1.54) is 0 Å². The van der Waals surface area contributed by atoms with Crippen LogP contribution >= 0.6 is 0 Å². The summed E-state index contributed by atoms with van der Waals surface area (Å²) in [5.41, 5.74) is 7.56. The van der Waals surface area contributed by atoms with E-state index in [9.17, 15) is 0 Å². The summed E-state index contributed by atoms with van der Waals surface area (Å²) in [7, 11) is 1.88. The van der Waals surface area contributed by atoms with Gasteiger partial charge in [-0.05, 0) is 6.42 Å². The van der Waals surface area contributed by atoms with Crippen LogP contribution in [0.3, 0.4) is 0 Å². The first-order chi connectivity index (χ1) is 6.20. The molecule has 1 aromatic rings. The smallest absolute Gasteiger partial charge is 0.148 e. The molecule has 1 rings (SSSR count). The molecule has 0 aliphatic carbocycles. The number of aryl methyl sites for hydroxylation is 2. The van der Waals surface area contributed by atoms with Crippen LogP contribution in [0.15, 0.2) is 12.7 Å². The van der Waals surface area contributed by atoms with Gasteiger partial charge in [0.1, 0.15) is 5.82 Å². The standard InChI is InChI=1S/C9H16N4/c1-4-6-11-9-8(10)7(5-2)12-13(9)3/h4,11H,1,5-6,10H2,2-3H3. The molecule has 0 aliphatic heterocycles. The fourth-order valence-corrected chi connectivity index (χ4v) is 1.24. The van der Waals surface area contributed by atoms with Crippen LogP contribution < -0.4 is 11.1 Å². The van der Waals surface area contributed by atoms with Crippen LogP contribution in [-0.2, 0) is 13.5 Å². The zero-order valence-electron chi connectivity index (χ0n) is 8.17. The van der Waals surface area contributed by atoms with Gasteiger partial charge in [-0.25, -0.2) is 0 Å². The van der Waals surface area contributed by atoms with Gasteiger partial charge in [-0.1, -0.05) is 13.0 Å². The van der Waals surface area contributed by atoms with Crippen molar-refractivity contribution in [2.75, 3.05) is 17.6 Å². The second-order valence-electron chi connectivity index (χ2n) is 2.86. The van der Waals surface area contributed by atoms with Crippen LogP contribution in [0.5, 0.6) is 0 Å². The Labute approximate surface area is 78.4 Å². The molecular weight excluding hydrogens is 164 g/mol. The van der Waals surface area contributed by atoms with Gasteiger partial charge in [-0.15, -0.1) is 6.58 Å². The Hall–Kier alpha value is -1.45. The Morgan fingerprint density at radius 1 is 1.69 bits per heavy atom. The normalized spacial score (nSPS) is 10.0. The quantitative estimate of drug-likeness (QED) is 0.684. The van der Waals surface area contributed by atoms with Gasteiger partial charge in [0, 0.05) is 13.6 Å². The van der Waals surface area contributed by atoms with Crippen LogP contribution in [0.25, 0.3) is 0 Å². The maximum atomic E-state index is 5.88. The molecule has 0 amide bonds. The highest BCUT2D eigenvalue weighted by Crippen LogP contribution is 2.21. The summed E-state index contributed by atoms with van der Waals surface area (Å²) in [6.07, 6.45) is 2.65. The second kappa shape index (κ2) is 3.98. The zero-order valence-corrected chi connectivity index (χ0v) is 8.17. The lowest BCUT2D eigenvalue weighted by atomic mass is 10.3. The molecule has 1 aromatic heterocycles. The molecule has 0 unspecified atom stereocenters. The first-order valence-corrected chi connectivity index (χ1v) is 4.36. The van der Waals surface area contributed by atoms with E-state index in [0.29, 0.717) is 6.54 Å². The minimum Gasteiger partial charge on any atom is -0.394 e. The first kappa shape index (κ1) is 9.64. The van der Waals surface area contributed by atoms with Crippen molar-refractivity contribution in [1.82, 2.24) is 9.78 Å². The number of aromatic nitrogens is 2. The summed E-state index contributed by atoms with van der Waals surface area (Å²) in [6, 6.07) is 0. The van der Waals surface area contributed by atoms with E-state index in [1.54, 1.807) is 10.8 Å². The molecule has 1 heterocycles. The van der Waals surface area contributed by atoms with Crippen LogP contribution in [-0.4, -0.2) is 16.3 Å². The van der Waals surface area contributed by atoms with E-state index in [0.717, 1.165) is 23.6 Å². The molecule has 0 saturated heterocycles. The lowest BCUT2D eigenvalue weighted by molar-refractivity contribution is 0.750. The Morgan fingerprint density at radius 2 is 2.38 bits per heavy atom. The average Bonchev–Trinajstić information content (AvgIpc) is 2.39. The van der Waals surface area contributed by atoms with Gasteiger partial charge in [-0.2, -0.15) is 5.10 Å². The average molecular weight is 180 g/mol. The van der Waals surface area contributed by atoms with Gasteiger partial charge in [-0.3, -0.25) is 4.68 Å². The minimum absolute atomic E-state index is 0.701. The molecule has 0 aromatic carbocycles. The van der Waals surface area contributed by atoms with Crippen LogP contribution in [0.2, 0.25) is 0 Å². The Balaban J connectivity index is 2.91. The Kier molecular flexibility index (Phi) is 2.95. The molecule has 4 nitrogen and oxygen atoms in total. The number of anilines is 2. The molecule has 0 bridgehead atoms. The SMILES string of the molecule is C=CCNc1c(N)c(CC)nn1C. The number of nitrogens with zero attached hydrogens (tertiary/aromatic N) is 2. The van der Waals surface area contributed by atoms with Crippen LogP contribution in [0.4, 0.5) is 11.5 Å². The molecule has 0 saturated carbocycles. The fourth-order valence-electron chi connectivity index (χ4n) is 1.24. The van der Waals surface area contributed by atoms with Gasteiger partial charge in [0.2, 0.25) is 0 Å². The maximum absolute atomic E-state index is 5.88. The van der Waals surface area contributed by atoms with Crippen molar-refractivity contribution in [3.8, 4) is 0 Å². The van der Waals surface area contributed by atoms with Crippen LogP contribution in [0.1, 0.15) is 12.6 Å². The predicted octanol–water partition coefficient (Wildman–Crippen LogP) is 1.16. The van der Waals surface area contributed by atoms with Crippen molar-refractivity contribution in [1.29, 1.82) is 0 Å². The summed E-state index contributed by atoms with van der Waals surface area (Å²) < 4.78 is 1.76. The molecule has 0 radical (unpaired) electrons. The highest BCUT2D eigenvalue weighted by atomic mass is 15.3. The number of nitrogens with one attached hydrogen (secondary N) is 1. The van der Waals surface area contributed by atoms with E-state index < -0.39 is 0 Å². The third-order valence-electron chi connectivity index (χ3n) is 1.91. The third-order valence-corrected chi connectivity index (χ3v) is 1.91. The van der Waals surface area contributed by atoms with E-state index in [2.05, 4.69) is 17.0 Å². The van der Waals surface area contributed by atoms with Crippen molar-refractivity contribution in [2.24, 2.45) is 7.05 Å². The number of hydrogen-bond donors (Lipinski definition) is 2. The van der Waals surface area contributed by atoms with Gasteiger partial charge in [0.15, 0.2) is 0 Å². The van der Waals surface area contributed by atoms with Gasteiger partial charge in [0.05, 0.1) is 11.4 Å². The largest absolute Gasteiger partial charge is 0.394 e. The highest BCUT2D eigenvalue weighted by Gasteiger charge is 2.09. The van der Waals surface area contributed by atoms with E-state index >= 15 is 0 Å². The van der Waals surface area contributed by atoms with Gasteiger partial charge in [0.25, 0.3) is 0 Å². The first-order valence-electron chi connectivity index (χ1n) is 4.36. The minimum atomic E-state index is 0.701. The molecule has 3 N–H and O–H groups in total. The Morgan fingerprint density at radius 3 is 2.85 bits per heavy atom. The lowest BCUT2D eigenvalue weighted by Gasteiger charge is -2.03. The summed E-state index contributed by atoms with van der Waals surface area (Å²) in [5, 5.41) is 7.42. The molecule has 0 atom stereocenters. The molecule has 4 heteroatoms. The Bertz CT molecular complexity index is 301. The van der Waals surface area contributed by atoms with Crippen molar-refractivity contribution in [3.63, 3.8) is 0 Å². The molecule has 13 heavy (non-hydrogen) atoms. The number of nitrogen functional groups attached to an aromatic ring is 1. The van der Waals surface area contributed by atoms with Gasteiger partial charge >= 0.3 is 0 Å². The molecule has 72 valence electrons. The monoisotopic (exact) mass is 180 g/mol. The van der Waals surface area contributed by atoms with Crippen molar-refractivity contribution < 1.29 is 0 Å². The van der Waals surface area contributed by atoms with Crippen molar-refractivity contribution in [3.05, 3.63) is 18.3 Å². The topological polar surface area (TPSA) is 55.9 Å². The number of hydrogen-bond acceptors (Lipinski definition) is 3. The van der Waals surface area contributed by atoms with Crippen molar-refractivity contribution in [2.45, 2.75) is 13.3 Å². The van der Waals surface area contributed by atoms with Gasteiger partial charge < -0.3 is 11.1 Å². The van der Waals surface area contributed by atoms with Crippen molar-refractivity contribution >= 4 is 11.5 Å².